The molecule has 1 atom stereocenters. The first-order valence-electron chi connectivity index (χ1n) is 6.47. The highest BCUT2D eigenvalue weighted by Crippen LogP contribution is 2.22. The maximum atomic E-state index is 11.7. The van der Waals surface area contributed by atoms with Crippen LogP contribution in [-0.2, 0) is 9.53 Å². The van der Waals surface area contributed by atoms with Crippen molar-refractivity contribution in [3.05, 3.63) is 0 Å². The SMILES string of the molecule is CCOC1CC(NC(=O)N[C@@H](CCSC)C(=O)O)C1. The highest BCUT2D eigenvalue weighted by Gasteiger charge is 2.31. The molecule has 0 aromatic carbocycles. The van der Waals surface area contributed by atoms with Crippen LogP contribution in [0.25, 0.3) is 0 Å². The van der Waals surface area contributed by atoms with Crippen LogP contribution in [0, 0.1) is 0 Å². The number of carboxylic acid groups (broad SMARTS) is 1. The number of carbonyl (C=O) groups is 2. The van der Waals surface area contributed by atoms with Crippen molar-refractivity contribution in [2.75, 3.05) is 18.6 Å². The van der Waals surface area contributed by atoms with Gasteiger partial charge in [-0.1, -0.05) is 0 Å². The molecule has 0 bridgehead atoms. The van der Waals surface area contributed by atoms with Crippen LogP contribution in [0.3, 0.4) is 0 Å². The van der Waals surface area contributed by atoms with Crippen molar-refractivity contribution in [3.63, 3.8) is 0 Å². The summed E-state index contributed by atoms with van der Waals surface area (Å²) in [5, 5.41) is 14.3. The summed E-state index contributed by atoms with van der Waals surface area (Å²) in [6.07, 6.45) is 4.15. The second kappa shape index (κ2) is 8.27. The predicted octanol–water partition coefficient (Wildman–Crippen LogP) is 1.06. The van der Waals surface area contributed by atoms with Crippen molar-refractivity contribution in [3.8, 4) is 0 Å². The van der Waals surface area contributed by atoms with Crippen LogP contribution < -0.4 is 10.6 Å². The van der Waals surface area contributed by atoms with Crippen LogP contribution in [0.1, 0.15) is 26.2 Å². The topological polar surface area (TPSA) is 87.7 Å². The van der Waals surface area contributed by atoms with E-state index in [0.29, 0.717) is 18.8 Å². The smallest absolute Gasteiger partial charge is 0.326 e. The summed E-state index contributed by atoms with van der Waals surface area (Å²) in [4.78, 5) is 22.6. The molecule has 1 aliphatic rings. The zero-order valence-corrected chi connectivity index (χ0v) is 12.2. The number of nitrogens with one attached hydrogen (secondary N) is 2. The Morgan fingerprint density at radius 1 is 1.47 bits per heavy atom. The third-order valence-corrected chi connectivity index (χ3v) is 3.69. The first kappa shape index (κ1) is 16.1. The highest BCUT2D eigenvalue weighted by atomic mass is 32.2. The fourth-order valence-electron chi connectivity index (χ4n) is 1.93. The molecule has 0 aromatic rings. The van der Waals surface area contributed by atoms with Gasteiger partial charge in [-0.15, -0.1) is 0 Å². The molecule has 1 rings (SSSR count). The van der Waals surface area contributed by atoms with Crippen LogP contribution in [0.2, 0.25) is 0 Å². The number of ether oxygens (including phenoxy) is 1. The number of aliphatic carboxylic acids is 1. The van der Waals surface area contributed by atoms with E-state index in [2.05, 4.69) is 10.6 Å². The maximum Gasteiger partial charge on any atom is 0.326 e. The van der Waals surface area contributed by atoms with Crippen LogP contribution in [0.4, 0.5) is 4.79 Å². The molecule has 0 saturated heterocycles. The average molecular weight is 290 g/mol. The number of carbonyl (C=O) groups excluding carboxylic acids is 1. The quantitative estimate of drug-likeness (QED) is 0.622. The van der Waals surface area contributed by atoms with Crippen molar-refractivity contribution in [2.24, 2.45) is 0 Å². The van der Waals surface area contributed by atoms with Gasteiger partial charge in [0.2, 0.25) is 0 Å². The normalized spacial score (nSPS) is 23.3. The lowest BCUT2D eigenvalue weighted by atomic mass is 9.89. The van der Waals surface area contributed by atoms with Crippen molar-refractivity contribution in [1.29, 1.82) is 0 Å². The maximum absolute atomic E-state index is 11.7. The number of hydrogen-bond acceptors (Lipinski definition) is 4. The Labute approximate surface area is 117 Å². The molecule has 0 radical (unpaired) electrons. The van der Waals surface area contributed by atoms with Gasteiger partial charge < -0.3 is 20.5 Å². The molecule has 6 nitrogen and oxygen atoms in total. The Kier molecular flexibility index (Phi) is 7.01. The van der Waals surface area contributed by atoms with E-state index in [9.17, 15) is 9.59 Å². The summed E-state index contributed by atoms with van der Waals surface area (Å²) >= 11 is 1.56. The van der Waals surface area contributed by atoms with Gasteiger partial charge in [0.05, 0.1) is 6.10 Å². The largest absolute Gasteiger partial charge is 0.480 e. The van der Waals surface area contributed by atoms with E-state index in [1.807, 2.05) is 13.2 Å². The first-order chi connectivity index (χ1) is 9.06. The molecule has 19 heavy (non-hydrogen) atoms. The number of amides is 2. The van der Waals surface area contributed by atoms with Crippen LogP contribution in [-0.4, -0.2) is 53.9 Å². The molecule has 3 N–H and O–H groups in total. The number of carboxylic acids is 1. The summed E-state index contributed by atoms with van der Waals surface area (Å²) in [6, 6.07) is -1.14. The molecule has 0 unspecified atom stereocenters. The minimum absolute atomic E-state index is 0.0894. The van der Waals surface area contributed by atoms with Gasteiger partial charge in [-0.25, -0.2) is 9.59 Å². The van der Waals surface area contributed by atoms with Crippen molar-refractivity contribution >= 4 is 23.8 Å². The van der Waals surface area contributed by atoms with Gasteiger partial charge >= 0.3 is 12.0 Å². The van der Waals surface area contributed by atoms with Gasteiger partial charge in [-0.3, -0.25) is 0 Å². The van der Waals surface area contributed by atoms with E-state index in [-0.39, 0.29) is 12.1 Å². The van der Waals surface area contributed by atoms with Crippen molar-refractivity contribution in [2.45, 2.75) is 44.4 Å². The van der Waals surface area contributed by atoms with E-state index in [4.69, 9.17) is 9.84 Å². The zero-order chi connectivity index (χ0) is 14.3. The molecule has 110 valence electrons. The van der Waals surface area contributed by atoms with Crippen LogP contribution in [0.15, 0.2) is 0 Å². The Morgan fingerprint density at radius 3 is 2.68 bits per heavy atom. The van der Waals surface area contributed by atoms with Crippen LogP contribution in [0.5, 0.6) is 0 Å². The summed E-state index contributed by atoms with van der Waals surface area (Å²) in [5.74, 6) is -0.294. The molecule has 2 amide bonds. The zero-order valence-electron chi connectivity index (χ0n) is 11.3. The molecule has 7 heteroatoms. The minimum atomic E-state index is -0.995. The lowest BCUT2D eigenvalue weighted by Gasteiger charge is -2.35. The lowest BCUT2D eigenvalue weighted by Crippen LogP contribution is -2.54. The third kappa shape index (κ3) is 5.69. The van der Waals surface area contributed by atoms with Crippen molar-refractivity contribution in [1.82, 2.24) is 10.6 Å². The van der Waals surface area contributed by atoms with Gasteiger partial charge in [-0.05, 0) is 38.2 Å². The molecule has 1 saturated carbocycles. The molecule has 1 aliphatic carbocycles. The monoisotopic (exact) mass is 290 g/mol. The summed E-state index contributed by atoms with van der Waals surface area (Å²) in [7, 11) is 0. The van der Waals surface area contributed by atoms with Gasteiger partial charge in [0.1, 0.15) is 6.04 Å². The molecule has 0 heterocycles. The Morgan fingerprint density at radius 2 is 2.16 bits per heavy atom. The molecule has 0 aromatic heterocycles. The van der Waals surface area contributed by atoms with Gasteiger partial charge in [0.25, 0.3) is 0 Å². The van der Waals surface area contributed by atoms with Gasteiger partial charge in [0.15, 0.2) is 0 Å². The van der Waals surface area contributed by atoms with Gasteiger partial charge in [0, 0.05) is 12.6 Å². The van der Waals surface area contributed by atoms with E-state index in [0.717, 1.165) is 12.8 Å². The second-order valence-electron chi connectivity index (χ2n) is 4.54. The Balaban J connectivity index is 2.24. The fraction of sp³-hybridized carbons (Fsp3) is 0.833. The molecular weight excluding hydrogens is 268 g/mol. The molecule has 0 aliphatic heterocycles. The summed E-state index contributed by atoms with van der Waals surface area (Å²) in [6.45, 7) is 2.62. The highest BCUT2D eigenvalue weighted by molar-refractivity contribution is 7.98. The minimum Gasteiger partial charge on any atom is -0.480 e. The third-order valence-electron chi connectivity index (χ3n) is 3.05. The van der Waals surface area contributed by atoms with E-state index >= 15 is 0 Å². The predicted molar refractivity (Wildman–Crippen MR) is 74.5 cm³/mol. The molecule has 1 fully saturated rings. The summed E-state index contributed by atoms with van der Waals surface area (Å²) < 4.78 is 5.39. The van der Waals surface area contributed by atoms with E-state index in [1.54, 1.807) is 11.8 Å². The van der Waals surface area contributed by atoms with Crippen LogP contribution >= 0.6 is 11.8 Å². The number of thioether (sulfide) groups is 1. The molecule has 0 spiro atoms. The van der Waals surface area contributed by atoms with E-state index < -0.39 is 18.0 Å². The lowest BCUT2D eigenvalue weighted by molar-refractivity contribution is -0.139. The number of rotatable bonds is 8. The van der Waals surface area contributed by atoms with Crippen molar-refractivity contribution < 1.29 is 19.4 Å². The average Bonchev–Trinajstić information content (AvgIpc) is 2.31. The molecular formula is C12H22N2O4S. The van der Waals surface area contributed by atoms with Gasteiger partial charge in [-0.2, -0.15) is 11.8 Å². The summed E-state index contributed by atoms with van der Waals surface area (Å²) in [5.41, 5.74) is 0. The number of urea groups is 1. The number of hydrogen-bond donors (Lipinski definition) is 3. The Hall–Kier alpha value is -0.950. The first-order valence-corrected chi connectivity index (χ1v) is 7.86. The Bertz CT molecular complexity index is 308. The fourth-order valence-corrected chi connectivity index (χ4v) is 2.41. The standard InChI is InChI=1S/C12H22N2O4S/c1-3-18-9-6-8(7-9)13-12(17)14-10(11(15)16)4-5-19-2/h8-10H,3-7H2,1-2H3,(H,15,16)(H2,13,14,17)/t8?,9?,10-/m0/s1. The second-order valence-corrected chi connectivity index (χ2v) is 5.52. The van der Waals surface area contributed by atoms with E-state index in [1.165, 1.54) is 0 Å².